The topological polar surface area (TPSA) is 332 Å². The number of benzene rings is 2. The first-order valence-electron chi connectivity index (χ1n) is 13.1. The molecule has 0 radical (unpaired) electrons. The molecule has 0 saturated carbocycles. The van der Waals surface area contributed by atoms with Gasteiger partial charge in [0.2, 0.25) is 5.91 Å². The van der Waals surface area contributed by atoms with Crippen molar-refractivity contribution in [1.29, 1.82) is 0 Å². The summed E-state index contributed by atoms with van der Waals surface area (Å²) in [6, 6.07) is 2.36. The zero-order valence-electron chi connectivity index (χ0n) is 23.3. The number of phenols is 2. The second-order valence-corrected chi connectivity index (χ2v) is 10.2. The van der Waals surface area contributed by atoms with Gasteiger partial charge in [-0.15, -0.1) is 0 Å². The van der Waals surface area contributed by atoms with Crippen LogP contribution in [0.3, 0.4) is 0 Å². The van der Waals surface area contributed by atoms with Crippen LogP contribution >= 0.6 is 0 Å². The van der Waals surface area contributed by atoms with Gasteiger partial charge in [-0.25, -0.2) is 0 Å². The van der Waals surface area contributed by atoms with Crippen LogP contribution in [0.2, 0.25) is 0 Å². The maximum atomic E-state index is 11.8. The van der Waals surface area contributed by atoms with Gasteiger partial charge >= 0.3 is 22.7 Å². The van der Waals surface area contributed by atoms with Gasteiger partial charge in [-0.05, 0) is 44.2 Å². The van der Waals surface area contributed by atoms with E-state index in [4.69, 9.17) is 10.2 Å². The minimum Gasteiger partial charge on any atom is -0.497 e. The molecular weight excluding hydrogens is 628 g/mol. The summed E-state index contributed by atoms with van der Waals surface area (Å²) in [5, 5.41) is 83.9. The fourth-order valence-corrected chi connectivity index (χ4v) is 5.40. The molecule has 1 amide bonds. The molecule has 246 valence electrons. The second-order valence-electron chi connectivity index (χ2n) is 10.2. The number of nitro groups is 6. The molecule has 46 heavy (non-hydrogen) atoms. The van der Waals surface area contributed by atoms with Gasteiger partial charge in [-0.2, -0.15) is 0 Å². The van der Waals surface area contributed by atoms with Crippen molar-refractivity contribution in [2.75, 3.05) is 19.6 Å². The molecule has 1 unspecified atom stereocenters. The maximum Gasteiger partial charge on any atom is 0.324 e. The standard InChI is InChI=1S/C11H18N2O.2C6H3N3O7/c14-11-3-1-2-10-9-4-8(5-12-6-9)7-13(10)11;2*10-6-4(8(13)14)1-3(7(11)12)2-5(6)9(15)16/h8-10,12H,1-7H2;2*1-2,10H/t8-,9+,10?;;/m0../s1. The predicted molar refractivity (Wildman–Crippen MR) is 150 cm³/mol. The summed E-state index contributed by atoms with van der Waals surface area (Å²) in [5.74, 6) is -0.530. The number of non-ortho nitro benzene ring substituents is 2. The van der Waals surface area contributed by atoms with Gasteiger partial charge in [0, 0.05) is 19.0 Å². The van der Waals surface area contributed by atoms with Crippen LogP contribution in [0.25, 0.3) is 0 Å². The summed E-state index contributed by atoms with van der Waals surface area (Å²) in [6.45, 7) is 3.27. The summed E-state index contributed by atoms with van der Waals surface area (Å²) >= 11 is 0. The molecule has 0 aromatic heterocycles. The van der Waals surface area contributed by atoms with Crippen molar-refractivity contribution >= 4 is 40.0 Å². The first-order valence-corrected chi connectivity index (χ1v) is 13.1. The van der Waals surface area contributed by atoms with Crippen molar-refractivity contribution in [3.8, 4) is 11.5 Å². The summed E-state index contributed by atoms with van der Waals surface area (Å²) in [4.78, 5) is 69.5. The summed E-state index contributed by atoms with van der Waals surface area (Å²) in [7, 11) is 0. The highest BCUT2D eigenvalue weighted by atomic mass is 16.7. The van der Waals surface area contributed by atoms with E-state index in [-0.39, 0.29) is 0 Å². The van der Waals surface area contributed by atoms with Crippen LogP contribution in [-0.2, 0) is 4.79 Å². The largest absolute Gasteiger partial charge is 0.497 e. The Morgan fingerprint density at radius 1 is 0.674 bits per heavy atom. The lowest BCUT2D eigenvalue weighted by Crippen LogP contribution is -2.59. The highest BCUT2D eigenvalue weighted by molar-refractivity contribution is 5.77. The van der Waals surface area contributed by atoms with E-state index >= 15 is 0 Å². The van der Waals surface area contributed by atoms with Crippen molar-refractivity contribution < 1.29 is 44.5 Å². The van der Waals surface area contributed by atoms with Gasteiger partial charge < -0.3 is 20.4 Å². The number of piperidine rings is 3. The lowest BCUT2D eigenvalue weighted by atomic mass is 9.77. The Labute approximate surface area is 254 Å². The van der Waals surface area contributed by atoms with Crippen molar-refractivity contribution in [3.05, 3.63) is 85.0 Å². The Morgan fingerprint density at radius 3 is 1.46 bits per heavy atom. The van der Waals surface area contributed by atoms with Crippen LogP contribution in [0.5, 0.6) is 11.5 Å². The molecule has 3 aliphatic rings. The van der Waals surface area contributed by atoms with Crippen molar-refractivity contribution in [2.45, 2.75) is 31.7 Å². The lowest BCUT2D eigenvalue weighted by Gasteiger charge is -2.49. The number of nitro benzene ring substituents is 6. The third-order valence-corrected chi connectivity index (χ3v) is 7.40. The number of fused-ring (bicyclic) bond motifs is 4. The quantitative estimate of drug-likeness (QED) is 0.298. The molecule has 23 heteroatoms. The number of nitrogens with zero attached hydrogens (tertiary/aromatic N) is 7. The monoisotopic (exact) mass is 652 g/mol. The normalized spacial score (nSPS) is 19.6. The van der Waals surface area contributed by atoms with E-state index in [1.807, 2.05) is 0 Å². The molecule has 0 spiro atoms. The number of hydrogen-bond donors (Lipinski definition) is 3. The number of phenolic OH excluding ortho intramolecular Hbond substituents is 2. The zero-order chi connectivity index (χ0) is 34.5. The number of aromatic hydroxyl groups is 2. The number of hydrogen-bond acceptors (Lipinski definition) is 16. The summed E-state index contributed by atoms with van der Waals surface area (Å²) in [6.07, 6.45) is 4.50. The highest BCUT2D eigenvalue weighted by Gasteiger charge is 2.41. The zero-order valence-corrected chi connectivity index (χ0v) is 23.3. The van der Waals surface area contributed by atoms with E-state index in [9.17, 15) is 65.5 Å². The highest BCUT2D eigenvalue weighted by Crippen LogP contribution is 2.40. The first kappa shape index (κ1) is 34.4. The molecule has 3 saturated heterocycles. The molecular formula is C23H24N8O15. The molecule has 2 aromatic carbocycles. The van der Waals surface area contributed by atoms with Gasteiger partial charge in [-0.1, -0.05) is 0 Å². The minimum absolute atomic E-state index is 0.415. The van der Waals surface area contributed by atoms with Gasteiger partial charge in [0.1, 0.15) is 0 Å². The molecule has 2 bridgehead atoms. The van der Waals surface area contributed by atoms with E-state index in [0.29, 0.717) is 36.2 Å². The smallest absolute Gasteiger partial charge is 0.324 e. The van der Waals surface area contributed by atoms with Crippen molar-refractivity contribution in [1.82, 2.24) is 10.2 Å². The molecule has 3 heterocycles. The molecule has 3 atom stereocenters. The van der Waals surface area contributed by atoms with Crippen LogP contribution in [0, 0.1) is 72.5 Å². The number of carbonyl (C=O) groups excluding carboxylic acids is 1. The fourth-order valence-electron chi connectivity index (χ4n) is 5.40. The lowest BCUT2D eigenvalue weighted by molar-refractivity contribution is -0.404. The maximum absolute atomic E-state index is 11.8. The van der Waals surface area contributed by atoms with Gasteiger partial charge in [-0.3, -0.25) is 65.5 Å². The van der Waals surface area contributed by atoms with Crippen molar-refractivity contribution in [2.24, 2.45) is 11.8 Å². The molecule has 3 fully saturated rings. The van der Waals surface area contributed by atoms with E-state index in [1.54, 1.807) is 0 Å². The summed E-state index contributed by atoms with van der Waals surface area (Å²) < 4.78 is 0. The fraction of sp³-hybridized carbons (Fsp3) is 0.435. The molecule has 0 aliphatic carbocycles. The summed E-state index contributed by atoms with van der Waals surface area (Å²) in [5.41, 5.74) is -6.00. The van der Waals surface area contributed by atoms with E-state index in [0.717, 1.165) is 44.3 Å². The molecule has 2 aromatic rings. The molecule has 5 rings (SSSR count). The Hall–Kier alpha value is -6.13. The van der Waals surface area contributed by atoms with E-state index < -0.39 is 75.2 Å². The van der Waals surface area contributed by atoms with Crippen LogP contribution in [-0.4, -0.2) is 76.2 Å². The Morgan fingerprint density at radius 2 is 1.09 bits per heavy atom. The average molecular weight is 652 g/mol. The Bertz CT molecular complexity index is 1450. The number of carbonyl (C=O) groups is 1. The molecule has 23 nitrogen and oxygen atoms in total. The van der Waals surface area contributed by atoms with Crippen molar-refractivity contribution in [3.63, 3.8) is 0 Å². The number of rotatable bonds is 6. The molecule has 3 N–H and O–H groups in total. The van der Waals surface area contributed by atoms with E-state index in [1.165, 1.54) is 12.8 Å². The molecule has 3 aliphatic heterocycles. The SMILES string of the molecule is O=C1CCCC2[C@H]3CNC[C@H](C3)CN12.O=[N+]([O-])c1cc([N+](=O)[O-])c(O)c([N+](=O)[O-])c1.O=[N+]([O-])c1cc([N+](=O)[O-])c(O)c([N+](=O)[O-])c1. The average Bonchev–Trinajstić information content (AvgIpc) is 2.98. The Kier molecular flexibility index (Phi) is 10.5. The predicted octanol–water partition coefficient (Wildman–Crippen LogP) is 2.84. The van der Waals surface area contributed by atoms with E-state index in [2.05, 4.69) is 10.2 Å². The van der Waals surface area contributed by atoms with Crippen LogP contribution in [0.15, 0.2) is 24.3 Å². The number of nitrogens with one attached hydrogen (secondary N) is 1. The number of amides is 1. The second kappa shape index (κ2) is 14.1. The van der Waals surface area contributed by atoms with Gasteiger partial charge in [0.15, 0.2) is 0 Å². The van der Waals surface area contributed by atoms with Gasteiger partial charge in [0.25, 0.3) is 22.9 Å². The van der Waals surface area contributed by atoms with Crippen LogP contribution in [0.1, 0.15) is 25.7 Å². The third kappa shape index (κ3) is 7.68. The Balaban J connectivity index is 0.000000188. The van der Waals surface area contributed by atoms with Crippen LogP contribution < -0.4 is 5.32 Å². The minimum atomic E-state index is -1.21. The third-order valence-electron chi connectivity index (χ3n) is 7.40. The first-order chi connectivity index (χ1) is 21.5. The van der Waals surface area contributed by atoms with Crippen LogP contribution in [0.4, 0.5) is 34.1 Å². The van der Waals surface area contributed by atoms with Gasteiger partial charge in [0.05, 0.1) is 53.8 Å².